The van der Waals surface area contributed by atoms with E-state index in [0.29, 0.717) is 34.7 Å². The summed E-state index contributed by atoms with van der Waals surface area (Å²) in [6.45, 7) is 4.65. The van der Waals surface area contributed by atoms with Gasteiger partial charge in [-0.1, -0.05) is 36.0 Å². The number of aryl methyl sites for hydroxylation is 1. The van der Waals surface area contributed by atoms with E-state index in [1.807, 2.05) is 42.5 Å². The van der Waals surface area contributed by atoms with Crippen LogP contribution in [0, 0.1) is 0 Å². The highest BCUT2D eigenvalue weighted by Crippen LogP contribution is 2.40. The Labute approximate surface area is 165 Å². The van der Waals surface area contributed by atoms with E-state index in [2.05, 4.69) is 20.3 Å². The number of fused-ring (bicyclic) bond motifs is 3. The quantitative estimate of drug-likeness (QED) is 0.460. The lowest BCUT2D eigenvalue weighted by molar-refractivity contribution is 0.374. The SMILES string of the molecule is CCCn1c(=O)c2ccccc2n2c(SC(C)c3nc(C4CC4)no3)nnc12. The minimum Gasteiger partial charge on any atom is -0.338 e. The number of hydrogen-bond acceptors (Lipinski definition) is 7. The molecule has 8 nitrogen and oxygen atoms in total. The van der Waals surface area contributed by atoms with Crippen molar-refractivity contribution in [1.82, 2.24) is 29.3 Å². The van der Waals surface area contributed by atoms with Crippen molar-refractivity contribution < 1.29 is 4.52 Å². The molecule has 0 bridgehead atoms. The molecule has 0 aliphatic heterocycles. The smallest absolute Gasteiger partial charge is 0.262 e. The van der Waals surface area contributed by atoms with Crippen molar-refractivity contribution in [2.45, 2.75) is 56.0 Å². The second-order valence-corrected chi connectivity index (χ2v) is 8.43. The Bertz CT molecular complexity index is 1220. The molecule has 1 fully saturated rings. The minimum absolute atomic E-state index is 0.0343. The zero-order valence-corrected chi connectivity index (χ0v) is 16.5. The van der Waals surface area contributed by atoms with Gasteiger partial charge in [0.1, 0.15) is 0 Å². The summed E-state index contributed by atoms with van der Waals surface area (Å²) in [5, 5.41) is 14.1. The van der Waals surface area contributed by atoms with Crippen LogP contribution in [-0.2, 0) is 6.54 Å². The Morgan fingerprint density at radius 3 is 2.89 bits per heavy atom. The molecule has 1 aliphatic carbocycles. The Balaban J connectivity index is 1.60. The van der Waals surface area contributed by atoms with Crippen LogP contribution < -0.4 is 5.56 Å². The molecule has 1 saturated carbocycles. The van der Waals surface area contributed by atoms with Gasteiger partial charge in [0, 0.05) is 12.5 Å². The van der Waals surface area contributed by atoms with Crippen molar-refractivity contribution in [2.75, 3.05) is 0 Å². The van der Waals surface area contributed by atoms with Crippen LogP contribution in [0.25, 0.3) is 16.7 Å². The highest BCUT2D eigenvalue weighted by molar-refractivity contribution is 7.99. The first kappa shape index (κ1) is 17.4. The normalized spacial score (nSPS) is 15.5. The van der Waals surface area contributed by atoms with E-state index in [9.17, 15) is 4.79 Å². The molecule has 0 amide bonds. The summed E-state index contributed by atoms with van der Waals surface area (Å²) in [4.78, 5) is 17.4. The second kappa shape index (κ2) is 6.73. The molecule has 0 radical (unpaired) electrons. The molecule has 1 aromatic carbocycles. The van der Waals surface area contributed by atoms with Gasteiger partial charge in [-0.05, 0) is 38.3 Å². The maximum atomic E-state index is 12.9. The lowest BCUT2D eigenvalue weighted by atomic mass is 10.2. The third-order valence-corrected chi connectivity index (χ3v) is 5.99. The highest BCUT2D eigenvalue weighted by atomic mass is 32.2. The Kier molecular flexibility index (Phi) is 4.19. The number of aromatic nitrogens is 6. The van der Waals surface area contributed by atoms with Gasteiger partial charge in [-0.25, -0.2) is 0 Å². The standard InChI is InChI=1S/C19H20N6O2S/c1-3-10-24-17(26)13-6-4-5-7-14(13)25-18(24)21-22-19(25)28-11(2)16-20-15(23-27-16)12-8-9-12/h4-7,11-12H,3,8-10H2,1-2H3. The second-order valence-electron chi connectivity index (χ2n) is 7.12. The van der Waals surface area contributed by atoms with E-state index < -0.39 is 0 Å². The summed E-state index contributed by atoms with van der Waals surface area (Å²) in [7, 11) is 0. The van der Waals surface area contributed by atoms with Gasteiger partial charge in [0.25, 0.3) is 5.56 Å². The zero-order chi connectivity index (χ0) is 19.3. The highest BCUT2D eigenvalue weighted by Gasteiger charge is 2.30. The van der Waals surface area contributed by atoms with Gasteiger partial charge in [0.05, 0.1) is 16.2 Å². The van der Waals surface area contributed by atoms with Crippen LogP contribution in [0.4, 0.5) is 0 Å². The summed E-state index contributed by atoms with van der Waals surface area (Å²) >= 11 is 1.50. The van der Waals surface area contributed by atoms with E-state index in [1.165, 1.54) is 11.8 Å². The van der Waals surface area contributed by atoms with Crippen molar-refractivity contribution in [2.24, 2.45) is 0 Å². The van der Waals surface area contributed by atoms with Crippen LogP contribution in [0.3, 0.4) is 0 Å². The van der Waals surface area contributed by atoms with E-state index in [-0.39, 0.29) is 10.8 Å². The van der Waals surface area contributed by atoms with Gasteiger partial charge in [-0.3, -0.25) is 13.8 Å². The van der Waals surface area contributed by atoms with Crippen LogP contribution >= 0.6 is 11.8 Å². The fourth-order valence-corrected chi connectivity index (χ4v) is 4.25. The van der Waals surface area contributed by atoms with Crippen LogP contribution in [0.1, 0.15) is 56.0 Å². The largest absolute Gasteiger partial charge is 0.338 e. The van der Waals surface area contributed by atoms with Gasteiger partial charge in [0.2, 0.25) is 11.7 Å². The van der Waals surface area contributed by atoms with Gasteiger partial charge in [-0.2, -0.15) is 4.98 Å². The molecule has 9 heteroatoms. The number of benzene rings is 1. The third-order valence-electron chi connectivity index (χ3n) is 4.96. The van der Waals surface area contributed by atoms with Crippen molar-refractivity contribution in [3.8, 4) is 0 Å². The topological polar surface area (TPSA) is 91.1 Å². The summed E-state index contributed by atoms with van der Waals surface area (Å²) in [5.41, 5.74) is 0.770. The number of nitrogens with zero attached hydrogens (tertiary/aromatic N) is 6. The number of rotatable bonds is 6. The average molecular weight is 396 g/mol. The van der Waals surface area contributed by atoms with Crippen LogP contribution in [-0.4, -0.2) is 29.3 Å². The van der Waals surface area contributed by atoms with Crippen molar-refractivity contribution in [3.63, 3.8) is 0 Å². The zero-order valence-electron chi connectivity index (χ0n) is 15.7. The van der Waals surface area contributed by atoms with Crippen molar-refractivity contribution >= 4 is 28.4 Å². The van der Waals surface area contributed by atoms with Gasteiger partial charge < -0.3 is 4.52 Å². The number of para-hydroxylation sites is 1. The molecule has 28 heavy (non-hydrogen) atoms. The van der Waals surface area contributed by atoms with Gasteiger partial charge >= 0.3 is 0 Å². The molecule has 1 atom stereocenters. The van der Waals surface area contributed by atoms with Crippen molar-refractivity contribution in [3.05, 3.63) is 46.3 Å². The minimum atomic E-state index is -0.0716. The molecule has 0 saturated heterocycles. The van der Waals surface area contributed by atoms with Crippen LogP contribution in [0.2, 0.25) is 0 Å². The molecule has 3 aromatic heterocycles. The molecule has 3 heterocycles. The Morgan fingerprint density at radius 1 is 1.29 bits per heavy atom. The first-order valence-corrected chi connectivity index (χ1v) is 10.4. The molecule has 1 aliphatic rings. The maximum Gasteiger partial charge on any atom is 0.262 e. The number of hydrogen-bond donors (Lipinski definition) is 0. The van der Waals surface area contributed by atoms with Gasteiger partial charge in [-0.15, -0.1) is 10.2 Å². The fraction of sp³-hybridized carbons (Fsp3) is 0.421. The molecule has 144 valence electrons. The molecular weight excluding hydrogens is 376 g/mol. The molecular formula is C19H20N6O2S. The predicted octanol–water partition coefficient (Wildman–Crippen LogP) is 3.57. The van der Waals surface area contributed by atoms with Gasteiger partial charge in [0.15, 0.2) is 11.0 Å². The lowest BCUT2D eigenvalue weighted by Crippen LogP contribution is -2.23. The van der Waals surface area contributed by atoms with E-state index in [4.69, 9.17) is 4.52 Å². The van der Waals surface area contributed by atoms with Crippen molar-refractivity contribution in [1.29, 1.82) is 0 Å². The van der Waals surface area contributed by atoms with E-state index in [1.54, 1.807) is 4.57 Å². The first-order chi connectivity index (χ1) is 13.7. The first-order valence-electron chi connectivity index (χ1n) is 9.54. The monoisotopic (exact) mass is 396 g/mol. The van der Waals surface area contributed by atoms with Crippen LogP contribution in [0.5, 0.6) is 0 Å². The van der Waals surface area contributed by atoms with Crippen LogP contribution in [0.15, 0.2) is 38.7 Å². The molecule has 0 N–H and O–H groups in total. The summed E-state index contributed by atoms with van der Waals surface area (Å²) in [5.74, 6) is 2.41. The Hall–Kier alpha value is -2.68. The summed E-state index contributed by atoms with van der Waals surface area (Å²) in [6, 6.07) is 7.57. The molecule has 5 rings (SSSR count). The maximum absolute atomic E-state index is 12.9. The Morgan fingerprint density at radius 2 is 2.11 bits per heavy atom. The average Bonchev–Trinajstić information content (AvgIpc) is 3.29. The van der Waals surface area contributed by atoms with E-state index >= 15 is 0 Å². The lowest BCUT2D eigenvalue weighted by Gasteiger charge is -2.11. The predicted molar refractivity (Wildman–Crippen MR) is 106 cm³/mol. The fourth-order valence-electron chi connectivity index (χ4n) is 3.36. The molecule has 4 aromatic rings. The molecule has 0 spiro atoms. The number of thioether (sulfide) groups is 1. The molecule has 1 unspecified atom stereocenters. The van der Waals surface area contributed by atoms with E-state index in [0.717, 1.165) is 30.6 Å². The third kappa shape index (κ3) is 2.81. The summed E-state index contributed by atoms with van der Waals surface area (Å²) < 4.78 is 9.11. The summed E-state index contributed by atoms with van der Waals surface area (Å²) in [6.07, 6.45) is 3.11.